The van der Waals surface area contributed by atoms with E-state index in [-0.39, 0.29) is 24.0 Å². The number of aromatic nitrogens is 4. The molecule has 1 aromatic carbocycles. The number of aliphatic hydroxyl groups excluding tert-OH is 1. The van der Waals surface area contributed by atoms with E-state index in [2.05, 4.69) is 31.9 Å². The number of nitrogen functional groups attached to an aromatic ring is 1. The number of rotatable bonds is 12. The number of nitrogens with zero attached hydrogens (tertiary/aromatic N) is 4. The van der Waals surface area contributed by atoms with E-state index in [0.717, 1.165) is 6.08 Å². The highest BCUT2D eigenvalue weighted by atomic mass is 31.2. The maximum absolute atomic E-state index is 16.2. The SMILES string of the molecule is C=C[C@@]1(F)[C@H](O)[C@@H](CO[P@](=O)(NC(C)C(=O)OCC)Oc2ccccc2)O[C@H]1n1cnc2c(NC)nc(N)nc21. The van der Waals surface area contributed by atoms with Crippen LogP contribution in [0, 0.1) is 0 Å². The normalized spacial score (nSPS) is 24.8. The van der Waals surface area contributed by atoms with Gasteiger partial charge in [-0.2, -0.15) is 15.1 Å². The molecule has 4 rings (SSSR count). The van der Waals surface area contributed by atoms with Crippen LogP contribution in [-0.2, 0) is 23.4 Å². The number of hydrogen-bond acceptors (Lipinski definition) is 12. The molecule has 3 aromatic rings. The van der Waals surface area contributed by atoms with E-state index in [0.29, 0.717) is 11.3 Å². The molecule has 2 aromatic heterocycles. The van der Waals surface area contributed by atoms with Gasteiger partial charge in [0, 0.05) is 7.05 Å². The van der Waals surface area contributed by atoms with Crippen LogP contribution in [0.5, 0.6) is 5.75 Å². The predicted octanol–water partition coefficient (Wildman–Crippen LogP) is 2.35. The number of nitrogens with two attached hydrogens (primary N) is 1. The Balaban J connectivity index is 1.60. The first-order chi connectivity index (χ1) is 19.0. The van der Waals surface area contributed by atoms with Gasteiger partial charge in [0.25, 0.3) is 0 Å². The fourth-order valence-electron chi connectivity index (χ4n) is 4.12. The van der Waals surface area contributed by atoms with Gasteiger partial charge < -0.3 is 30.2 Å². The Morgan fingerprint density at radius 2 is 2.12 bits per heavy atom. The second-order valence-corrected chi connectivity index (χ2v) is 10.5. The van der Waals surface area contributed by atoms with Crippen molar-refractivity contribution < 1.29 is 37.4 Å². The second-order valence-electron chi connectivity index (χ2n) is 8.81. The lowest BCUT2D eigenvalue weighted by Gasteiger charge is -2.26. The number of benzene rings is 1. The Bertz CT molecular complexity index is 1410. The van der Waals surface area contributed by atoms with Gasteiger partial charge >= 0.3 is 13.7 Å². The molecule has 0 aliphatic carbocycles. The molecule has 16 heteroatoms. The molecular formula is C24H31FN7O7P. The van der Waals surface area contributed by atoms with Crippen LogP contribution >= 0.6 is 7.75 Å². The number of hydrogen-bond donors (Lipinski definition) is 4. The highest BCUT2D eigenvalue weighted by Gasteiger charge is 2.57. The molecule has 0 amide bonds. The quantitative estimate of drug-likeness (QED) is 0.139. The van der Waals surface area contributed by atoms with E-state index in [1.165, 1.54) is 30.0 Å². The zero-order chi connectivity index (χ0) is 29.1. The van der Waals surface area contributed by atoms with Crippen molar-refractivity contribution in [2.75, 3.05) is 31.3 Å². The minimum absolute atomic E-state index is 0.0964. The summed E-state index contributed by atoms with van der Waals surface area (Å²) in [6.45, 7) is 6.08. The molecule has 14 nitrogen and oxygen atoms in total. The molecule has 1 aliphatic heterocycles. The summed E-state index contributed by atoms with van der Waals surface area (Å²) in [7, 11) is -2.68. The summed E-state index contributed by atoms with van der Waals surface area (Å²) in [6, 6.07) is 7.00. The molecule has 216 valence electrons. The van der Waals surface area contributed by atoms with Crippen LogP contribution in [0.4, 0.5) is 16.2 Å². The molecular weight excluding hydrogens is 548 g/mol. The number of para-hydroxylation sites is 1. The van der Waals surface area contributed by atoms with Crippen LogP contribution in [0.15, 0.2) is 49.3 Å². The number of nitrogens with one attached hydrogen (secondary N) is 2. The number of halogens is 1. The maximum atomic E-state index is 16.2. The van der Waals surface area contributed by atoms with Gasteiger partial charge in [-0.1, -0.05) is 24.8 Å². The number of fused-ring (bicyclic) bond motifs is 1. The van der Waals surface area contributed by atoms with E-state index in [4.69, 9.17) is 24.3 Å². The highest BCUT2D eigenvalue weighted by Crippen LogP contribution is 2.48. The first-order valence-corrected chi connectivity index (χ1v) is 13.9. The van der Waals surface area contributed by atoms with Gasteiger partial charge in [-0.15, -0.1) is 0 Å². The second kappa shape index (κ2) is 11.9. The molecule has 5 N–H and O–H groups in total. The first kappa shape index (κ1) is 29.4. The van der Waals surface area contributed by atoms with Gasteiger partial charge in [0.1, 0.15) is 24.0 Å². The summed E-state index contributed by atoms with van der Waals surface area (Å²) in [5.74, 6) is -0.304. The predicted molar refractivity (Wildman–Crippen MR) is 143 cm³/mol. The number of ether oxygens (including phenoxy) is 2. The minimum Gasteiger partial charge on any atom is -0.465 e. The smallest absolute Gasteiger partial charge is 0.459 e. The van der Waals surface area contributed by atoms with Crippen molar-refractivity contribution in [3.63, 3.8) is 0 Å². The molecule has 1 aliphatic rings. The topological polar surface area (TPSA) is 185 Å². The van der Waals surface area contributed by atoms with Crippen molar-refractivity contribution in [2.24, 2.45) is 0 Å². The Hall–Kier alpha value is -3.62. The molecule has 40 heavy (non-hydrogen) atoms. The standard InChI is InChI=1S/C24H31FN7O7P/c1-5-24(25)18(33)16(38-22(24)32-13-28-17-19(27-4)29-23(26)30-20(17)32)12-37-40(35,31-14(3)21(34)36-6-2)39-15-10-8-7-9-11-15/h5,7-11,13-14,16,18,22,33H,1,6,12H2,2-4H3,(H,31,35)(H3,26,27,29,30)/t14?,16-,18-,22-,24-,40-/m1/s1. The molecule has 1 saturated heterocycles. The molecule has 0 radical (unpaired) electrons. The summed E-state index contributed by atoms with van der Waals surface area (Å²) < 4.78 is 53.2. The highest BCUT2D eigenvalue weighted by molar-refractivity contribution is 7.52. The molecule has 0 spiro atoms. The molecule has 3 heterocycles. The van der Waals surface area contributed by atoms with Gasteiger partial charge in [0.05, 0.1) is 19.5 Å². The van der Waals surface area contributed by atoms with E-state index < -0.39 is 50.5 Å². The average molecular weight is 580 g/mol. The van der Waals surface area contributed by atoms with Crippen LogP contribution in [0.1, 0.15) is 20.1 Å². The Morgan fingerprint density at radius 3 is 2.77 bits per heavy atom. The average Bonchev–Trinajstić information content (AvgIpc) is 3.46. The number of alkyl halides is 1. The summed E-state index contributed by atoms with van der Waals surface area (Å²) in [5, 5.41) is 16.3. The first-order valence-electron chi connectivity index (χ1n) is 12.3. The summed E-state index contributed by atoms with van der Waals surface area (Å²) in [4.78, 5) is 24.6. The number of carbonyl (C=O) groups is 1. The number of aliphatic hydroxyl groups is 1. The van der Waals surface area contributed by atoms with Gasteiger partial charge in [-0.25, -0.2) is 13.9 Å². The van der Waals surface area contributed by atoms with Crippen LogP contribution < -0.4 is 20.7 Å². The largest absolute Gasteiger partial charge is 0.465 e. The van der Waals surface area contributed by atoms with Crippen molar-refractivity contribution in [1.82, 2.24) is 24.6 Å². The van der Waals surface area contributed by atoms with Gasteiger partial charge in [-0.05, 0) is 32.1 Å². The van der Waals surface area contributed by atoms with E-state index in [1.54, 1.807) is 32.2 Å². The lowest BCUT2D eigenvalue weighted by atomic mass is 9.96. The molecule has 0 bridgehead atoms. The van der Waals surface area contributed by atoms with Crippen molar-refractivity contribution in [2.45, 2.75) is 44.0 Å². The van der Waals surface area contributed by atoms with Crippen molar-refractivity contribution in [3.05, 3.63) is 49.3 Å². The number of imidazole rings is 1. The molecule has 1 unspecified atom stereocenters. The van der Waals surface area contributed by atoms with Crippen molar-refractivity contribution in [3.8, 4) is 5.75 Å². The molecule has 1 fully saturated rings. The Morgan fingerprint density at radius 1 is 1.40 bits per heavy atom. The Kier molecular flexibility index (Phi) is 8.71. The fourth-order valence-corrected chi connectivity index (χ4v) is 5.63. The van der Waals surface area contributed by atoms with Gasteiger partial charge in [0.15, 0.2) is 23.2 Å². The van der Waals surface area contributed by atoms with Crippen LogP contribution in [0.2, 0.25) is 0 Å². The zero-order valence-electron chi connectivity index (χ0n) is 22.1. The summed E-state index contributed by atoms with van der Waals surface area (Å²) >= 11 is 0. The van der Waals surface area contributed by atoms with Crippen LogP contribution in [0.25, 0.3) is 11.2 Å². The van der Waals surface area contributed by atoms with Crippen molar-refractivity contribution in [1.29, 1.82) is 0 Å². The molecule has 0 saturated carbocycles. The summed E-state index contributed by atoms with van der Waals surface area (Å²) in [6.07, 6.45) is -2.51. The number of carbonyl (C=O) groups excluding carboxylic acids is 1. The van der Waals surface area contributed by atoms with E-state index in [9.17, 15) is 14.5 Å². The van der Waals surface area contributed by atoms with Crippen LogP contribution in [0.3, 0.4) is 0 Å². The third kappa shape index (κ3) is 5.78. The number of esters is 1. The monoisotopic (exact) mass is 579 g/mol. The molecule has 6 atom stereocenters. The van der Waals surface area contributed by atoms with E-state index >= 15 is 4.39 Å². The van der Waals surface area contributed by atoms with Crippen molar-refractivity contribution >= 4 is 36.6 Å². The van der Waals surface area contributed by atoms with Crippen LogP contribution in [-0.4, -0.2) is 74.8 Å². The third-order valence-corrected chi connectivity index (χ3v) is 7.74. The lowest BCUT2D eigenvalue weighted by molar-refractivity contribution is -0.144. The minimum atomic E-state index is -4.30. The number of anilines is 2. The summed E-state index contributed by atoms with van der Waals surface area (Å²) in [5.41, 5.74) is 3.70. The lowest BCUT2D eigenvalue weighted by Crippen LogP contribution is -2.42. The fraction of sp³-hybridized carbons (Fsp3) is 0.417. The third-order valence-electron chi connectivity index (χ3n) is 6.10. The van der Waals surface area contributed by atoms with E-state index in [1.807, 2.05) is 0 Å². The van der Waals surface area contributed by atoms with Gasteiger partial charge in [-0.3, -0.25) is 13.9 Å². The zero-order valence-corrected chi connectivity index (χ0v) is 23.0. The maximum Gasteiger partial charge on any atom is 0.459 e. The van der Waals surface area contributed by atoms with Gasteiger partial charge in [0.2, 0.25) is 11.6 Å². The Labute approximate surface area is 229 Å².